The number of nitrogens with one attached hydrogen (secondary N) is 2. The van der Waals surface area contributed by atoms with Crippen LogP contribution in [0.2, 0.25) is 5.02 Å². The van der Waals surface area contributed by atoms with Crippen LogP contribution >= 0.6 is 23.8 Å². The van der Waals surface area contributed by atoms with Crippen LogP contribution < -0.4 is 16.4 Å². The Morgan fingerprint density at radius 2 is 1.68 bits per heavy atom. The summed E-state index contributed by atoms with van der Waals surface area (Å²) in [5.41, 5.74) is -1.32. The molecule has 1 amide bonds. The van der Waals surface area contributed by atoms with Gasteiger partial charge in [0.15, 0.2) is 16.5 Å². The van der Waals surface area contributed by atoms with Crippen molar-refractivity contribution in [1.82, 2.24) is 4.90 Å². The first kappa shape index (κ1) is 34.1. The third-order valence-electron chi connectivity index (χ3n) is 8.91. The van der Waals surface area contributed by atoms with Gasteiger partial charge in [-0.1, -0.05) is 24.6 Å². The van der Waals surface area contributed by atoms with E-state index in [1.54, 1.807) is 6.92 Å². The number of aliphatic hydroxyl groups is 4. The number of benzene rings is 2. The predicted molar refractivity (Wildman–Crippen MR) is 167 cm³/mol. The van der Waals surface area contributed by atoms with E-state index >= 15 is 0 Å². The van der Waals surface area contributed by atoms with Gasteiger partial charge in [0.25, 0.3) is 5.91 Å². The Morgan fingerprint density at radius 1 is 1.09 bits per heavy atom. The van der Waals surface area contributed by atoms with Gasteiger partial charge in [0.05, 0.1) is 40.6 Å². The summed E-state index contributed by atoms with van der Waals surface area (Å²) in [6.07, 6.45) is -6.56. The normalized spacial score (nSPS) is 27.3. The molecule has 3 aliphatic carbocycles. The minimum atomic E-state index is -4.79. The van der Waals surface area contributed by atoms with Gasteiger partial charge in [0.1, 0.15) is 22.8 Å². The number of amides is 1. The average Bonchev–Trinajstić information content (AvgIpc) is 2.96. The van der Waals surface area contributed by atoms with Crippen molar-refractivity contribution < 1.29 is 53.1 Å². The lowest BCUT2D eigenvalue weighted by Gasteiger charge is -2.53. The number of anilines is 2. The molecule has 47 heavy (non-hydrogen) atoms. The Balaban J connectivity index is 1.60. The standard InChI is InChI=1S/C30H28ClF3N4O8S/c1-9-11-5-7-14(37-28(47)36-13-6-4-10(31)8-12(13)30(32,33)34)21(39)16(11)22(40)17-15(9)23(41)19-20(38(2)3)24(42)18(27(35)45)26(44)29(19,46)25(17)43/h4-9,15,19-20,23,39-41,44,46H,1-3H3,(H2,35,45)(H2,36,37,47)/t9-,15?,19?,20-,23?,29-/m0/s1. The van der Waals surface area contributed by atoms with Crippen LogP contribution in [0, 0.1) is 11.8 Å². The number of halogens is 4. The molecule has 250 valence electrons. The van der Waals surface area contributed by atoms with Crippen LogP contribution in [0.3, 0.4) is 0 Å². The predicted octanol–water partition coefficient (Wildman–Crippen LogP) is 2.98. The number of Topliss-reactive ketones (excluding diaryl/α,β-unsaturated/α-hetero) is 2. The summed E-state index contributed by atoms with van der Waals surface area (Å²) in [7, 11) is 2.79. The maximum absolute atomic E-state index is 14.1. The number of nitrogens with zero attached hydrogens (tertiary/aromatic N) is 1. The number of phenolic OH excluding ortho intramolecular Hbond substituents is 1. The molecule has 6 atom stereocenters. The molecule has 1 fully saturated rings. The molecular weight excluding hydrogens is 669 g/mol. The molecule has 9 N–H and O–H groups in total. The van der Waals surface area contributed by atoms with Crippen molar-refractivity contribution in [3.63, 3.8) is 0 Å². The lowest BCUT2D eigenvalue weighted by molar-refractivity contribution is -0.169. The Bertz CT molecular complexity index is 1830. The fourth-order valence-electron chi connectivity index (χ4n) is 6.85. The number of carbonyl (C=O) groups is 3. The smallest absolute Gasteiger partial charge is 0.418 e. The number of carbonyl (C=O) groups excluding carboxylic acids is 3. The number of primary amides is 1. The number of phenols is 1. The average molecular weight is 697 g/mol. The summed E-state index contributed by atoms with van der Waals surface area (Å²) in [4.78, 5) is 40.8. The van der Waals surface area contributed by atoms with Crippen LogP contribution in [0.1, 0.15) is 29.5 Å². The Kier molecular flexibility index (Phi) is 8.34. The van der Waals surface area contributed by atoms with Gasteiger partial charge >= 0.3 is 6.18 Å². The Morgan fingerprint density at radius 3 is 2.26 bits per heavy atom. The second-order valence-electron chi connectivity index (χ2n) is 11.7. The van der Waals surface area contributed by atoms with E-state index in [9.17, 15) is 53.1 Å². The molecule has 0 heterocycles. The molecule has 0 radical (unpaired) electrons. The van der Waals surface area contributed by atoms with Crippen molar-refractivity contribution in [2.45, 2.75) is 36.8 Å². The van der Waals surface area contributed by atoms with E-state index in [2.05, 4.69) is 10.6 Å². The van der Waals surface area contributed by atoms with Crippen LogP contribution in [0.4, 0.5) is 24.5 Å². The number of aromatic hydroxyl groups is 1. The number of fused-ring (bicyclic) bond motifs is 3. The summed E-state index contributed by atoms with van der Waals surface area (Å²) in [6, 6.07) is 4.17. The number of ketones is 2. The van der Waals surface area contributed by atoms with Crippen molar-refractivity contribution in [3.8, 4) is 5.75 Å². The number of hydrogen-bond donors (Lipinski definition) is 8. The SMILES string of the molecule is C[C@H]1c2ccc(NC(=S)Nc3ccc(Cl)cc3C(F)(F)F)c(O)c2C(O)=C2C(=O)[C@]3(O)C(O)=C(C(N)=O)C(=O)[C@@H](N(C)C)C3C(O)C21. The highest BCUT2D eigenvalue weighted by Crippen LogP contribution is 2.56. The Hall–Kier alpha value is -4.22. The Labute approximate surface area is 274 Å². The fraction of sp³-hybridized carbons (Fsp3) is 0.333. The molecule has 2 aromatic rings. The zero-order valence-corrected chi connectivity index (χ0v) is 26.3. The van der Waals surface area contributed by atoms with E-state index in [4.69, 9.17) is 29.6 Å². The summed E-state index contributed by atoms with van der Waals surface area (Å²) in [5.74, 6) is -10.6. The molecule has 0 saturated heterocycles. The highest BCUT2D eigenvalue weighted by molar-refractivity contribution is 7.80. The molecule has 1 saturated carbocycles. The molecule has 17 heteroatoms. The van der Waals surface area contributed by atoms with Crippen molar-refractivity contribution in [2.24, 2.45) is 17.6 Å². The molecule has 3 aliphatic rings. The van der Waals surface area contributed by atoms with Gasteiger partial charge in [-0.15, -0.1) is 0 Å². The van der Waals surface area contributed by atoms with Crippen molar-refractivity contribution >= 4 is 63.5 Å². The fourth-order valence-corrected chi connectivity index (χ4v) is 7.25. The quantitative estimate of drug-likeness (QED) is 0.132. The monoisotopic (exact) mass is 696 g/mol. The molecule has 12 nitrogen and oxygen atoms in total. The topological polar surface area (TPSA) is 206 Å². The van der Waals surface area contributed by atoms with E-state index in [-0.39, 0.29) is 21.8 Å². The number of hydrogen-bond acceptors (Lipinski definition) is 10. The van der Waals surface area contributed by atoms with E-state index < -0.39 is 104 Å². The van der Waals surface area contributed by atoms with Crippen molar-refractivity contribution in [3.05, 3.63) is 69.0 Å². The molecule has 2 aromatic carbocycles. The number of aliphatic hydroxyl groups excluding tert-OH is 3. The van der Waals surface area contributed by atoms with Crippen LogP contribution in [-0.2, 0) is 20.6 Å². The van der Waals surface area contributed by atoms with Gasteiger partial charge < -0.3 is 41.9 Å². The number of nitrogens with two attached hydrogens (primary N) is 1. The van der Waals surface area contributed by atoms with Gasteiger partial charge in [-0.05, 0) is 62.1 Å². The highest BCUT2D eigenvalue weighted by atomic mass is 35.5. The molecular formula is C30H28ClF3N4O8S. The maximum Gasteiger partial charge on any atom is 0.418 e. The van der Waals surface area contributed by atoms with Gasteiger partial charge in [-0.25, -0.2) is 0 Å². The third kappa shape index (κ3) is 5.11. The zero-order valence-electron chi connectivity index (χ0n) is 24.7. The second kappa shape index (κ2) is 11.5. The zero-order chi connectivity index (χ0) is 35.1. The van der Waals surface area contributed by atoms with Crippen LogP contribution in [0.25, 0.3) is 5.76 Å². The number of thiocarbonyl (C=S) groups is 1. The maximum atomic E-state index is 14.1. The van der Waals surface area contributed by atoms with Crippen LogP contribution in [0.5, 0.6) is 5.75 Å². The van der Waals surface area contributed by atoms with E-state index in [0.29, 0.717) is 6.07 Å². The highest BCUT2D eigenvalue weighted by Gasteiger charge is 2.68. The third-order valence-corrected chi connectivity index (χ3v) is 9.35. The molecule has 0 spiro atoms. The van der Waals surface area contributed by atoms with Crippen LogP contribution in [-0.4, -0.2) is 84.9 Å². The second-order valence-corrected chi connectivity index (χ2v) is 12.6. The summed E-state index contributed by atoms with van der Waals surface area (Å²) in [5, 5.41) is 61.5. The summed E-state index contributed by atoms with van der Waals surface area (Å²) < 4.78 is 40.7. The first-order chi connectivity index (χ1) is 21.7. The minimum Gasteiger partial charge on any atom is -0.508 e. The van der Waals surface area contributed by atoms with Crippen LogP contribution in [0.15, 0.2) is 47.2 Å². The lowest BCUT2D eigenvalue weighted by atomic mass is 9.54. The molecule has 5 rings (SSSR count). The minimum absolute atomic E-state index is 0.171. The van der Waals surface area contributed by atoms with Gasteiger partial charge in [-0.2, -0.15) is 13.2 Å². The van der Waals surface area contributed by atoms with E-state index in [0.717, 1.165) is 6.07 Å². The number of rotatable bonds is 4. The summed E-state index contributed by atoms with van der Waals surface area (Å²) in [6.45, 7) is 1.55. The van der Waals surface area contributed by atoms with Gasteiger partial charge in [-0.3, -0.25) is 19.3 Å². The molecule has 3 unspecified atom stereocenters. The van der Waals surface area contributed by atoms with Crippen molar-refractivity contribution in [2.75, 3.05) is 24.7 Å². The lowest BCUT2D eigenvalue weighted by Crippen LogP contribution is -2.70. The largest absolute Gasteiger partial charge is 0.508 e. The van der Waals surface area contributed by atoms with E-state index in [1.165, 1.54) is 37.2 Å². The van der Waals surface area contributed by atoms with Gasteiger partial charge in [0.2, 0.25) is 5.78 Å². The molecule has 0 aliphatic heterocycles. The van der Waals surface area contributed by atoms with Gasteiger partial charge in [0, 0.05) is 16.5 Å². The number of alkyl halides is 3. The summed E-state index contributed by atoms with van der Waals surface area (Å²) >= 11 is 10.9. The number of likely N-dealkylation sites (N-methyl/N-ethyl adjacent to an activating group) is 1. The van der Waals surface area contributed by atoms with E-state index in [1.807, 2.05) is 0 Å². The first-order valence-electron chi connectivity index (χ1n) is 13.9. The molecule has 0 bridgehead atoms. The first-order valence-corrected chi connectivity index (χ1v) is 14.7. The molecule has 0 aromatic heterocycles. The van der Waals surface area contributed by atoms with Crippen molar-refractivity contribution in [1.29, 1.82) is 0 Å².